The second kappa shape index (κ2) is 3.81. The molecule has 7 N–H and O–H groups in total. The van der Waals surface area contributed by atoms with E-state index in [1.165, 1.54) is 10.8 Å². The number of quaternary nitrogens is 1. The van der Waals surface area contributed by atoms with Crippen LogP contribution in [0.1, 0.15) is 10.5 Å². The Morgan fingerprint density at radius 3 is 2.57 bits per heavy atom. The largest absolute Gasteiger partial charge is 0.396 e. The van der Waals surface area contributed by atoms with Crippen molar-refractivity contribution in [2.24, 2.45) is 5.73 Å². The van der Waals surface area contributed by atoms with E-state index in [0.717, 1.165) is 0 Å². The molecule has 0 saturated carbocycles. The number of nitrogens with zero attached hydrogens (tertiary/aromatic N) is 1. The van der Waals surface area contributed by atoms with Crippen LogP contribution in [0.15, 0.2) is 10.7 Å². The van der Waals surface area contributed by atoms with Crippen LogP contribution in [0.4, 0.5) is 5.69 Å². The number of nitrogen functional groups attached to an aromatic ring is 1. The van der Waals surface area contributed by atoms with Gasteiger partial charge in [0, 0.05) is 6.20 Å². The summed E-state index contributed by atoms with van der Waals surface area (Å²) < 4.78 is 1.92. The molecule has 0 saturated heterocycles. The van der Waals surface area contributed by atoms with Crippen molar-refractivity contribution in [1.29, 1.82) is 0 Å². The summed E-state index contributed by atoms with van der Waals surface area (Å²) in [6.07, 6.45) is 1.53. The monoisotopic (exact) mass is 261 g/mol. The van der Waals surface area contributed by atoms with Gasteiger partial charge < -0.3 is 16.0 Å². The number of anilines is 1. The van der Waals surface area contributed by atoms with E-state index in [1.54, 1.807) is 0 Å². The van der Waals surface area contributed by atoms with Gasteiger partial charge in [-0.15, -0.1) is 0 Å². The maximum Gasteiger partial charge on any atom is 0.359 e. The molecule has 0 aliphatic carbocycles. The fourth-order valence-electron chi connectivity index (χ4n) is 1.14. The Labute approximate surface area is 88.2 Å². The van der Waals surface area contributed by atoms with E-state index in [-0.39, 0.29) is 17.9 Å². The van der Waals surface area contributed by atoms with E-state index in [4.69, 9.17) is 11.5 Å². The lowest BCUT2D eigenvalue weighted by Crippen LogP contribution is -2.57. The van der Waals surface area contributed by atoms with Crippen LogP contribution in [0.5, 0.6) is 0 Å². The Bertz CT molecular complexity index is 399. The molecule has 0 aliphatic heterocycles. The highest BCUT2D eigenvalue weighted by molar-refractivity contribution is 9.10. The second-order valence-electron chi connectivity index (χ2n) is 2.76. The zero-order valence-corrected chi connectivity index (χ0v) is 8.87. The van der Waals surface area contributed by atoms with Crippen LogP contribution in [-0.2, 0) is 11.3 Å². The molecule has 14 heavy (non-hydrogen) atoms. The van der Waals surface area contributed by atoms with Gasteiger partial charge >= 0.3 is 5.91 Å². The summed E-state index contributed by atoms with van der Waals surface area (Å²) in [5.74, 6) is -0.996. The first-order valence-electron chi connectivity index (χ1n) is 3.72. The second-order valence-corrected chi connectivity index (χ2v) is 3.61. The first kappa shape index (κ1) is 10.7. The number of nitrogens with two attached hydrogens (primary N) is 2. The first-order chi connectivity index (χ1) is 6.43. The third-order valence-electron chi connectivity index (χ3n) is 1.66. The molecule has 0 fully saturated rings. The van der Waals surface area contributed by atoms with E-state index >= 15 is 0 Å². The smallest absolute Gasteiger partial charge is 0.359 e. The third-order valence-corrected chi connectivity index (χ3v) is 2.29. The minimum atomic E-state index is -0.546. The van der Waals surface area contributed by atoms with Crippen molar-refractivity contribution in [1.82, 2.24) is 4.57 Å². The Kier molecular flexibility index (Phi) is 2.92. The van der Waals surface area contributed by atoms with Crippen molar-refractivity contribution in [2.45, 2.75) is 6.54 Å². The lowest BCUT2D eigenvalue weighted by Gasteiger charge is -2.01. The molecule has 0 aliphatic rings. The zero-order valence-electron chi connectivity index (χ0n) is 7.29. The van der Waals surface area contributed by atoms with Gasteiger partial charge in [0.1, 0.15) is 6.54 Å². The third kappa shape index (κ3) is 1.94. The number of hydrogen-bond donors (Lipinski definition) is 3. The molecule has 0 unspecified atom stereocenters. The highest BCUT2D eigenvalue weighted by Gasteiger charge is 2.19. The molecule has 1 aromatic heterocycles. The Hall–Kier alpha value is -1.34. The molecule has 0 radical (unpaired) electrons. The van der Waals surface area contributed by atoms with Gasteiger partial charge in [0.05, 0.1) is 10.2 Å². The fourth-order valence-corrected chi connectivity index (χ4v) is 1.58. The van der Waals surface area contributed by atoms with Crippen molar-refractivity contribution in [3.8, 4) is 0 Å². The van der Waals surface area contributed by atoms with Crippen LogP contribution < -0.4 is 17.2 Å². The molecular weight excluding hydrogens is 252 g/mol. The first-order valence-corrected chi connectivity index (χ1v) is 4.51. The van der Waals surface area contributed by atoms with Crippen LogP contribution >= 0.6 is 15.9 Å². The molecule has 0 bridgehead atoms. The lowest BCUT2D eigenvalue weighted by molar-refractivity contribution is -0.255. The number of carbonyl (C=O) groups is 2. The summed E-state index contributed by atoms with van der Waals surface area (Å²) in [4.78, 5) is 21.8. The predicted octanol–water partition coefficient (Wildman–Crippen LogP) is -1.30. The van der Waals surface area contributed by atoms with Crippen molar-refractivity contribution in [2.75, 3.05) is 5.73 Å². The van der Waals surface area contributed by atoms with Gasteiger partial charge in [0.15, 0.2) is 5.69 Å². The van der Waals surface area contributed by atoms with Crippen molar-refractivity contribution in [3.05, 3.63) is 16.4 Å². The standard InChI is InChI=1S/C7H9BrN4O2/c8-3-1-12(2-4(9)13)6(5(3)10)7(11)14/h1H,2,10H2,(H2,9,13)(H2,11,14)/p+1. The van der Waals surface area contributed by atoms with Gasteiger partial charge in [0.25, 0.3) is 0 Å². The summed E-state index contributed by atoms with van der Waals surface area (Å²) in [6.45, 7) is -0.0909. The Balaban J connectivity index is 3.22. The van der Waals surface area contributed by atoms with Gasteiger partial charge in [-0.3, -0.25) is 10.5 Å². The molecule has 1 aromatic rings. The molecule has 0 aromatic carbocycles. The van der Waals surface area contributed by atoms with E-state index in [1.807, 2.05) is 0 Å². The number of amides is 2. The SMILES string of the molecule is NC(=O)Cn1cc(Br)c(N)c1C([NH3+])=O. The molecule has 0 spiro atoms. The average Bonchev–Trinajstić information content (AvgIpc) is 2.26. The molecule has 76 valence electrons. The molecular formula is C7H10BrN4O2+. The molecule has 7 heteroatoms. The quantitative estimate of drug-likeness (QED) is 0.628. The summed E-state index contributed by atoms with van der Waals surface area (Å²) >= 11 is 3.15. The summed E-state index contributed by atoms with van der Waals surface area (Å²) in [6, 6.07) is 0. The molecule has 1 rings (SSSR count). The molecule has 2 amide bonds. The predicted molar refractivity (Wildman–Crippen MR) is 53.0 cm³/mol. The van der Waals surface area contributed by atoms with Gasteiger partial charge in [0.2, 0.25) is 5.91 Å². The fraction of sp³-hybridized carbons (Fsp3) is 0.143. The zero-order chi connectivity index (χ0) is 10.9. The highest BCUT2D eigenvalue weighted by atomic mass is 79.9. The van der Waals surface area contributed by atoms with Gasteiger partial charge in [-0.05, 0) is 15.9 Å². The van der Waals surface area contributed by atoms with Gasteiger partial charge in [-0.25, -0.2) is 4.79 Å². The maximum atomic E-state index is 11.1. The normalized spacial score (nSPS) is 10.1. The van der Waals surface area contributed by atoms with Gasteiger partial charge in [-0.2, -0.15) is 0 Å². The molecule has 0 atom stereocenters. The number of halogens is 1. The number of hydrogen-bond acceptors (Lipinski definition) is 3. The van der Waals surface area contributed by atoms with E-state index in [9.17, 15) is 9.59 Å². The Morgan fingerprint density at radius 2 is 2.14 bits per heavy atom. The van der Waals surface area contributed by atoms with Crippen LogP contribution in [0.2, 0.25) is 0 Å². The molecule has 1 heterocycles. The van der Waals surface area contributed by atoms with Crippen molar-refractivity contribution in [3.63, 3.8) is 0 Å². The topological polar surface area (TPSA) is 119 Å². The summed E-state index contributed by atoms with van der Waals surface area (Å²) in [5, 5.41) is 0. The summed E-state index contributed by atoms with van der Waals surface area (Å²) in [5.41, 5.74) is 14.3. The van der Waals surface area contributed by atoms with Gasteiger partial charge in [-0.1, -0.05) is 0 Å². The van der Waals surface area contributed by atoms with E-state index in [0.29, 0.717) is 4.47 Å². The minimum Gasteiger partial charge on any atom is -0.396 e. The number of primary amides is 1. The van der Waals surface area contributed by atoms with Crippen molar-refractivity contribution < 1.29 is 15.3 Å². The van der Waals surface area contributed by atoms with Crippen LogP contribution in [-0.4, -0.2) is 16.4 Å². The Morgan fingerprint density at radius 1 is 1.57 bits per heavy atom. The molecule has 6 nitrogen and oxygen atoms in total. The number of aromatic nitrogens is 1. The number of carbonyl (C=O) groups excluding carboxylic acids is 2. The lowest BCUT2D eigenvalue weighted by atomic mass is 10.3. The van der Waals surface area contributed by atoms with Crippen LogP contribution in [0.25, 0.3) is 0 Å². The van der Waals surface area contributed by atoms with Crippen LogP contribution in [0, 0.1) is 0 Å². The van der Waals surface area contributed by atoms with E-state index in [2.05, 4.69) is 21.7 Å². The maximum absolute atomic E-state index is 11.1. The number of rotatable bonds is 3. The average molecular weight is 262 g/mol. The van der Waals surface area contributed by atoms with E-state index < -0.39 is 11.8 Å². The van der Waals surface area contributed by atoms with Crippen LogP contribution in [0.3, 0.4) is 0 Å². The summed E-state index contributed by atoms with van der Waals surface area (Å²) in [7, 11) is 0. The minimum absolute atomic E-state index is 0.0909. The van der Waals surface area contributed by atoms with Crippen molar-refractivity contribution >= 4 is 33.4 Å². The highest BCUT2D eigenvalue weighted by Crippen LogP contribution is 2.24.